The van der Waals surface area contributed by atoms with Crippen LogP contribution in [-0.4, -0.2) is 25.1 Å². The second-order valence-electron chi connectivity index (χ2n) is 11.0. The molecule has 5 heteroatoms. The van der Waals surface area contributed by atoms with Gasteiger partial charge < -0.3 is 14.6 Å². The van der Waals surface area contributed by atoms with E-state index in [4.69, 9.17) is 9.47 Å². The summed E-state index contributed by atoms with van der Waals surface area (Å²) in [5.74, 6) is 1.79. The number of aromatic hydroxyl groups is 1. The van der Waals surface area contributed by atoms with Gasteiger partial charge in [0.2, 0.25) is 0 Å². The number of allylic oxidation sites excluding steroid dienone is 2. The number of hydrogen-bond donors (Lipinski definition) is 1. The Morgan fingerprint density at radius 3 is 2.47 bits per heavy atom. The number of carbonyl (C=O) groups is 1. The smallest absolute Gasteiger partial charge is 0.198 e. The van der Waals surface area contributed by atoms with Crippen LogP contribution < -0.4 is 9.47 Å². The summed E-state index contributed by atoms with van der Waals surface area (Å²) in [6.45, 7) is 6.90. The van der Waals surface area contributed by atoms with Gasteiger partial charge >= 0.3 is 0 Å². The van der Waals surface area contributed by atoms with Crippen molar-refractivity contribution in [2.24, 2.45) is 5.41 Å². The molecule has 198 valence electrons. The fourth-order valence-electron chi connectivity index (χ4n) is 6.27. The van der Waals surface area contributed by atoms with Crippen molar-refractivity contribution < 1.29 is 19.4 Å². The summed E-state index contributed by atoms with van der Waals surface area (Å²) < 4.78 is 11.6. The van der Waals surface area contributed by atoms with Crippen molar-refractivity contribution in [2.75, 3.05) is 14.2 Å². The van der Waals surface area contributed by atoms with Crippen LogP contribution in [0.1, 0.15) is 85.0 Å². The number of fused-ring (bicyclic) bond motifs is 2. The summed E-state index contributed by atoms with van der Waals surface area (Å²) >= 11 is 1.63. The molecule has 0 saturated heterocycles. The summed E-state index contributed by atoms with van der Waals surface area (Å²) in [7, 11) is 3.30. The number of carbonyl (C=O) groups excluding carboxylic acids is 1. The lowest BCUT2D eigenvalue weighted by Crippen LogP contribution is -2.26. The minimum absolute atomic E-state index is 0.00452. The van der Waals surface area contributed by atoms with Gasteiger partial charge in [0, 0.05) is 27.7 Å². The van der Waals surface area contributed by atoms with Gasteiger partial charge in [-0.15, -0.1) is 11.8 Å². The number of methoxy groups -OCH3 is 2. The van der Waals surface area contributed by atoms with Gasteiger partial charge in [-0.1, -0.05) is 55.3 Å². The molecule has 1 atom stereocenters. The third-order valence-electron chi connectivity index (χ3n) is 8.25. The van der Waals surface area contributed by atoms with Gasteiger partial charge in [-0.3, -0.25) is 4.79 Å². The van der Waals surface area contributed by atoms with Gasteiger partial charge in [0.25, 0.3) is 0 Å². The molecule has 0 aromatic heterocycles. The van der Waals surface area contributed by atoms with Gasteiger partial charge in [0.1, 0.15) is 17.2 Å². The van der Waals surface area contributed by atoms with Gasteiger partial charge in [-0.05, 0) is 73.4 Å². The molecular weight excluding hydrogens is 492 g/mol. The fraction of sp³-hybridized carbons (Fsp3) is 0.364. The highest BCUT2D eigenvalue weighted by Crippen LogP contribution is 2.53. The van der Waals surface area contributed by atoms with E-state index in [2.05, 4.69) is 32.9 Å². The van der Waals surface area contributed by atoms with Crippen molar-refractivity contribution in [3.63, 3.8) is 0 Å². The van der Waals surface area contributed by atoms with Crippen LogP contribution in [0.4, 0.5) is 0 Å². The molecule has 3 aromatic rings. The Hall–Kier alpha value is -3.18. The van der Waals surface area contributed by atoms with Crippen LogP contribution >= 0.6 is 11.8 Å². The molecule has 0 fully saturated rings. The van der Waals surface area contributed by atoms with Crippen molar-refractivity contribution in [3.8, 4) is 17.2 Å². The molecule has 0 saturated carbocycles. The van der Waals surface area contributed by atoms with E-state index in [0.29, 0.717) is 16.9 Å². The maximum Gasteiger partial charge on any atom is 0.198 e. The van der Waals surface area contributed by atoms with E-state index in [1.807, 2.05) is 30.3 Å². The minimum atomic E-state index is -0.158. The maximum atomic E-state index is 14.2. The minimum Gasteiger partial charge on any atom is -0.507 e. The molecule has 0 aliphatic heterocycles. The van der Waals surface area contributed by atoms with Crippen LogP contribution in [0, 0.1) is 5.41 Å². The van der Waals surface area contributed by atoms with E-state index in [-0.39, 0.29) is 22.9 Å². The Labute approximate surface area is 230 Å². The van der Waals surface area contributed by atoms with Gasteiger partial charge in [-0.25, -0.2) is 0 Å². The first-order valence-electron chi connectivity index (χ1n) is 13.3. The zero-order valence-electron chi connectivity index (χ0n) is 22.9. The van der Waals surface area contributed by atoms with Crippen molar-refractivity contribution in [3.05, 3.63) is 93.6 Å². The van der Waals surface area contributed by atoms with Crippen molar-refractivity contribution in [1.29, 1.82) is 0 Å². The van der Waals surface area contributed by atoms with Crippen molar-refractivity contribution in [2.45, 2.75) is 63.0 Å². The number of ketones is 1. The highest BCUT2D eigenvalue weighted by molar-refractivity contribution is 7.98. The Morgan fingerprint density at radius 1 is 1.03 bits per heavy atom. The average Bonchev–Trinajstić information content (AvgIpc) is 2.91. The lowest BCUT2D eigenvalue weighted by atomic mass is 9.66. The summed E-state index contributed by atoms with van der Waals surface area (Å²) in [6, 6.07) is 17.6. The number of rotatable bonds is 7. The van der Waals surface area contributed by atoms with Crippen LogP contribution in [-0.2, 0) is 5.75 Å². The topological polar surface area (TPSA) is 55.8 Å². The van der Waals surface area contributed by atoms with E-state index in [1.54, 1.807) is 38.1 Å². The maximum absolute atomic E-state index is 14.2. The molecule has 5 rings (SSSR count). The third kappa shape index (κ3) is 4.73. The van der Waals surface area contributed by atoms with Crippen LogP contribution in [0.25, 0.3) is 0 Å². The van der Waals surface area contributed by atoms with E-state index in [1.165, 1.54) is 23.1 Å². The molecule has 38 heavy (non-hydrogen) atoms. The predicted molar refractivity (Wildman–Crippen MR) is 154 cm³/mol. The first-order valence-corrected chi connectivity index (χ1v) is 14.3. The standard InChI is InChI=1S/C33H36O4S/c1-20-10-9-15-33(2,3)25(20)18-24-23-16-22(36-4)17-28(38-19-21-11-7-6-8-12-21)30(23)32(35)31-26(34)13-14-27(37-5)29(24)31/h6-8,11-14,16-17,24,34H,9-10,15,18-19H2,1-5H3/t24-/m0/s1. The lowest BCUT2D eigenvalue weighted by Gasteiger charge is -2.39. The molecule has 2 aliphatic rings. The Balaban J connectivity index is 1.71. The largest absolute Gasteiger partial charge is 0.507 e. The average molecular weight is 529 g/mol. The van der Waals surface area contributed by atoms with Crippen LogP contribution in [0.15, 0.2) is 70.6 Å². The van der Waals surface area contributed by atoms with Gasteiger partial charge in [0.15, 0.2) is 5.78 Å². The van der Waals surface area contributed by atoms with Gasteiger partial charge in [0.05, 0.1) is 19.8 Å². The summed E-state index contributed by atoms with van der Waals surface area (Å²) in [4.78, 5) is 15.1. The molecular formula is C33H36O4S. The first kappa shape index (κ1) is 26.4. The van der Waals surface area contributed by atoms with Crippen molar-refractivity contribution >= 4 is 17.5 Å². The third-order valence-corrected chi connectivity index (χ3v) is 9.37. The van der Waals surface area contributed by atoms with E-state index >= 15 is 0 Å². The number of phenolic OH excluding ortho intramolecular Hbond substituents is 1. The lowest BCUT2D eigenvalue weighted by molar-refractivity contribution is 0.102. The molecule has 4 nitrogen and oxygen atoms in total. The number of benzene rings is 3. The highest BCUT2D eigenvalue weighted by Gasteiger charge is 2.40. The summed E-state index contributed by atoms with van der Waals surface area (Å²) in [6.07, 6.45) is 4.19. The number of ether oxygens (including phenoxy) is 2. The Bertz CT molecular complexity index is 1400. The summed E-state index contributed by atoms with van der Waals surface area (Å²) in [5.41, 5.74) is 6.87. The molecule has 1 N–H and O–H groups in total. The molecule has 0 radical (unpaired) electrons. The molecule has 3 aromatic carbocycles. The second kappa shape index (κ2) is 10.5. The number of thioether (sulfide) groups is 1. The molecule has 2 aliphatic carbocycles. The zero-order valence-corrected chi connectivity index (χ0v) is 23.7. The van der Waals surface area contributed by atoms with Crippen LogP contribution in [0.3, 0.4) is 0 Å². The van der Waals surface area contributed by atoms with Gasteiger partial charge in [-0.2, -0.15) is 0 Å². The fourth-order valence-corrected chi connectivity index (χ4v) is 7.34. The summed E-state index contributed by atoms with van der Waals surface area (Å²) in [5, 5.41) is 11.0. The molecule has 0 amide bonds. The van der Waals surface area contributed by atoms with Crippen molar-refractivity contribution in [1.82, 2.24) is 0 Å². The molecule has 0 unspecified atom stereocenters. The van der Waals surface area contributed by atoms with E-state index < -0.39 is 0 Å². The van der Waals surface area contributed by atoms with E-state index in [0.717, 1.165) is 46.8 Å². The van der Waals surface area contributed by atoms with E-state index in [9.17, 15) is 9.90 Å². The molecule has 0 bridgehead atoms. The predicted octanol–water partition coefficient (Wildman–Crippen LogP) is 8.29. The van der Waals surface area contributed by atoms with Crippen LogP contribution in [0.2, 0.25) is 0 Å². The quantitative estimate of drug-likeness (QED) is 0.247. The second-order valence-corrected chi connectivity index (χ2v) is 12.0. The highest BCUT2D eigenvalue weighted by atomic mass is 32.2. The number of hydrogen-bond acceptors (Lipinski definition) is 5. The Morgan fingerprint density at radius 2 is 1.79 bits per heavy atom. The van der Waals surface area contributed by atoms with Crippen LogP contribution in [0.5, 0.6) is 17.2 Å². The number of phenols is 1. The molecule has 0 heterocycles. The molecule has 0 spiro atoms. The zero-order chi connectivity index (χ0) is 27.0. The Kier molecular flexibility index (Phi) is 7.32. The SMILES string of the molecule is COc1cc(SCc2ccccc2)c2c(c1)[C@H](CC1=C(C)CCCC1(C)C)c1c(OC)ccc(O)c1C2=O. The normalized spacial score (nSPS) is 18.1. The monoisotopic (exact) mass is 528 g/mol. The first-order chi connectivity index (χ1) is 18.2.